The number of hydrogen-bond acceptors (Lipinski definition) is 3. The van der Waals surface area contributed by atoms with Crippen LogP contribution in [-0.2, 0) is 0 Å². The van der Waals surface area contributed by atoms with Crippen molar-refractivity contribution < 1.29 is 10.2 Å². The Labute approximate surface area is 131 Å². The maximum Gasteiger partial charge on any atom is 0.0718 e. The van der Waals surface area contributed by atoms with Crippen molar-refractivity contribution >= 4 is 0 Å². The first kappa shape index (κ1) is 15.2. The molecule has 3 heteroatoms. The van der Waals surface area contributed by atoms with Gasteiger partial charge in [-0.1, -0.05) is 60.7 Å². The molecule has 22 heavy (non-hydrogen) atoms. The van der Waals surface area contributed by atoms with E-state index < -0.39 is 6.10 Å². The normalized spacial score (nSPS) is 22.9. The van der Waals surface area contributed by atoms with Crippen LogP contribution in [0.3, 0.4) is 0 Å². The fraction of sp³-hybridized carbons (Fsp3) is 0.368. The molecule has 0 bridgehead atoms. The lowest BCUT2D eigenvalue weighted by Crippen LogP contribution is -2.51. The summed E-state index contributed by atoms with van der Waals surface area (Å²) in [6.07, 6.45) is 1.25. The first-order valence-corrected chi connectivity index (χ1v) is 7.96. The van der Waals surface area contributed by atoms with Crippen molar-refractivity contribution in [2.45, 2.75) is 31.0 Å². The van der Waals surface area contributed by atoms with Crippen LogP contribution in [0.1, 0.15) is 30.0 Å². The Kier molecular flexibility index (Phi) is 4.88. The van der Waals surface area contributed by atoms with Gasteiger partial charge in [-0.05, 0) is 30.5 Å². The Morgan fingerprint density at radius 1 is 0.955 bits per heavy atom. The highest BCUT2D eigenvalue weighted by Crippen LogP contribution is 2.33. The zero-order chi connectivity index (χ0) is 15.4. The SMILES string of the molecule is OCC1C(O)CCCN1C(c1ccccc1)c1ccccc1. The minimum Gasteiger partial charge on any atom is -0.395 e. The molecule has 2 aromatic carbocycles. The van der Waals surface area contributed by atoms with E-state index in [1.807, 2.05) is 36.4 Å². The van der Waals surface area contributed by atoms with Crippen LogP contribution in [0.25, 0.3) is 0 Å². The summed E-state index contributed by atoms with van der Waals surface area (Å²) < 4.78 is 0. The smallest absolute Gasteiger partial charge is 0.0718 e. The van der Waals surface area contributed by atoms with Gasteiger partial charge < -0.3 is 10.2 Å². The number of nitrogens with zero attached hydrogens (tertiary/aromatic N) is 1. The Morgan fingerprint density at radius 2 is 1.50 bits per heavy atom. The van der Waals surface area contributed by atoms with Crippen LogP contribution in [0.2, 0.25) is 0 Å². The number of benzene rings is 2. The molecule has 3 nitrogen and oxygen atoms in total. The molecule has 2 atom stereocenters. The Morgan fingerprint density at radius 3 is 2.00 bits per heavy atom. The van der Waals surface area contributed by atoms with Crippen molar-refractivity contribution in [3.63, 3.8) is 0 Å². The standard InChI is InChI=1S/C19H23NO2/c21-14-17-18(22)12-7-13-20(17)19(15-8-3-1-4-9-15)16-10-5-2-6-11-16/h1-6,8-11,17-19,21-22H,7,12-14H2. The molecule has 1 heterocycles. The zero-order valence-corrected chi connectivity index (χ0v) is 12.7. The molecule has 3 rings (SSSR count). The molecule has 2 aromatic rings. The first-order valence-electron chi connectivity index (χ1n) is 7.96. The van der Waals surface area contributed by atoms with E-state index in [0.29, 0.717) is 0 Å². The van der Waals surface area contributed by atoms with E-state index >= 15 is 0 Å². The van der Waals surface area contributed by atoms with Gasteiger partial charge in [-0.3, -0.25) is 4.90 Å². The van der Waals surface area contributed by atoms with Crippen LogP contribution in [0.15, 0.2) is 60.7 Å². The summed E-state index contributed by atoms with van der Waals surface area (Å²) in [4.78, 5) is 2.25. The highest BCUT2D eigenvalue weighted by molar-refractivity contribution is 5.32. The van der Waals surface area contributed by atoms with Gasteiger partial charge in [-0.15, -0.1) is 0 Å². The van der Waals surface area contributed by atoms with Crippen molar-refractivity contribution in [1.82, 2.24) is 4.90 Å². The van der Waals surface area contributed by atoms with E-state index in [0.717, 1.165) is 19.4 Å². The van der Waals surface area contributed by atoms with Gasteiger partial charge in [-0.2, -0.15) is 0 Å². The number of hydrogen-bond donors (Lipinski definition) is 2. The number of aliphatic hydroxyl groups is 2. The first-order chi connectivity index (χ1) is 10.8. The monoisotopic (exact) mass is 297 g/mol. The van der Waals surface area contributed by atoms with Gasteiger partial charge in [0.25, 0.3) is 0 Å². The molecular formula is C19H23NO2. The summed E-state index contributed by atoms with van der Waals surface area (Å²) in [5, 5.41) is 20.1. The summed E-state index contributed by atoms with van der Waals surface area (Å²) in [7, 11) is 0. The van der Waals surface area contributed by atoms with Gasteiger partial charge in [0.1, 0.15) is 0 Å². The third-order valence-corrected chi connectivity index (χ3v) is 4.54. The van der Waals surface area contributed by atoms with E-state index in [4.69, 9.17) is 0 Å². The van der Waals surface area contributed by atoms with Gasteiger partial charge in [-0.25, -0.2) is 0 Å². The summed E-state index contributed by atoms with van der Waals surface area (Å²) >= 11 is 0. The highest BCUT2D eigenvalue weighted by Gasteiger charge is 2.35. The largest absolute Gasteiger partial charge is 0.395 e. The summed E-state index contributed by atoms with van der Waals surface area (Å²) in [6, 6.07) is 20.5. The lowest BCUT2D eigenvalue weighted by molar-refractivity contribution is -0.0297. The maximum absolute atomic E-state index is 10.3. The van der Waals surface area contributed by atoms with Crippen LogP contribution in [0.4, 0.5) is 0 Å². The van der Waals surface area contributed by atoms with Crippen LogP contribution in [0, 0.1) is 0 Å². The molecule has 0 aliphatic carbocycles. The predicted molar refractivity (Wildman–Crippen MR) is 87.5 cm³/mol. The molecule has 1 fully saturated rings. The molecule has 0 saturated carbocycles. The minimum absolute atomic E-state index is 0.0165. The second-order valence-corrected chi connectivity index (χ2v) is 5.92. The number of rotatable bonds is 4. The lowest BCUT2D eigenvalue weighted by atomic mass is 9.91. The van der Waals surface area contributed by atoms with Gasteiger partial charge in [0.15, 0.2) is 0 Å². The van der Waals surface area contributed by atoms with Crippen LogP contribution < -0.4 is 0 Å². The van der Waals surface area contributed by atoms with E-state index in [9.17, 15) is 10.2 Å². The van der Waals surface area contributed by atoms with Gasteiger partial charge >= 0.3 is 0 Å². The number of likely N-dealkylation sites (tertiary alicyclic amines) is 1. The number of aliphatic hydroxyl groups excluding tert-OH is 2. The molecule has 1 aliphatic rings. The van der Waals surface area contributed by atoms with Crippen molar-refractivity contribution in [2.24, 2.45) is 0 Å². The predicted octanol–water partition coefficient (Wildman–Crippen LogP) is 2.59. The van der Waals surface area contributed by atoms with Crippen LogP contribution >= 0.6 is 0 Å². The molecule has 0 spiro atoms. The summed E-state index contributed by atoms with van der Waals surface area (Å²) in [5.74, 6) is 0. The average Bonchev–Trinajstić information content (AvgIpc) is 2.57. The van der Waals surface area contributed by atoms with E-state index in [1.54, 1.807) is 0 Å². The molecule has 1 saturated heterocycles. The molecular weight excluding hydrogens is 274 g/mol. The van der Waals surface area contributed by atoms with Crippen molar-refractivity contribution in [3.8, 4) is 0 Å². The highest BCUT2D eigenvalue weighted by atomic mass is 16.3. The van der Waals surface area contributed by atoms with Gasteiger partial charge in [0.2, 0.25) is 0 Å². The Bertz CT molecular complexity index is 533. The third kappa shape index (κ3) is 3.07. The second kappa shape index (κ2) is 7.05. The van der Waals surface area contributed by atoms with E-state index in [1.165, 1.54) is 11.1 Å². The molecule has 1 aliphatic heterocycles. The van der Waals surface area contributed by atoms with Crippen molar-refractivity contribution in [3.05, 3.63) is 71.8 Å². The van der Waals surface area contributed by atoms with Gasteiger partial charge in [0.05, 0.1) is 24.8 Å². The summed E-state index contributed by atoms with van der Waals surface area (Å²) in [5.41, 5.74) is 2.39. The Balaban J connectivity index is 2.01. The fourth-order valence-electron chi connectivity index (χ4n) is 3.46. The average molecular weight is 297 g/mol. The molecule has 0 aromatic heterocycles. The van der Waals surface area contributed by atoms with E-state index in [-0.39, 0.29) is 18.7 Å². The maximum atomic E-state index is 10.3. The molecule has 0 amide bonds. The van der Waals surface area contributed by atoms with Gasteiger partial charge in [0, 0.05) is 0 Å². The van der Waals surface area contributed by atoms with Crippen LogP contribution in [-0.4, -0.2) is 40.4 Å². The fourth-order valence-corrected chi connectivity index (χ4v) is 3.46. The Hall–Kier alpha value is -1.68. The number of piperidine rings is 1. The third-order valence-electron chi connectivity index (χ3n) is 4.54. The van der Waals surface area contributed by atoms with Crippen molar-refractivity contribution in [1.29, 1.82) is 0 Å². The molecule has 2 N–H and O–H groups in total. The molecule has 0 radical (unpaired) electrons. The zero-order valence-electron chi connectivity index (χ0n) is 12.7. The van der Waals surface area contributed by atoms with Crippen molar-refractivity contribution in [2.75, 3.05) is 13.2 Å². The molecule has 116 valence electrons. The molecule has 2 unspecified atom stereocenters. The summed E-state index contributed by atoms with van der Waals surface area (Å²) in [6.45, 7) is 0.869. The topological polar surface area (TPSA) is 43.7 Å². The quantitative estimate of drug-likeness (QED) is 0.911. The minimum atomic E-state index is -0.464. The second-order valence-electron chi connectivity index (χ2n) is 5.92. The van der Waals surface area contributed by atoms with E-state index in [2.05, 4.69) is 29.2 Å². The van der Waals surface area contributed by atoms with Crippen LogP contribution in [0.5, 0.6) is 0 Å². The lowest BCUT2D eigenvalue weighted by Gasteiger charge is -2.43.